The minimum atomic E-state index is -0.368. The second-order valence-corrected chi connectivity index (χ2v) is 4.55. The molecular formula is C14H17Cl2N7O. The number of nitrogens with zero attached hydrogens (tertiary/aromatic N) is 6. The summed E-state index contributed by atoms with van der Waals surface area (Å²) in [5.41, 5.74) is 0.497. The Kier molecular flexibility index (Phi) is 10.1. The minimum absolute atomic E-state index is 0. The molecule has 24 heavy (non-hydrogen) atoms. The number of aromatic nitrogens is 1. The average molecular weight is 370 g/mol. The molecule has 0 aromatic carbocycles. The number of nitrogens with one attached hydrogen (secondary N) is 1. The Bertz CT molecular complexity index is 623. The number of nitriles is 2. The summed E-state index contributed by atoms with van der Waals surface area (Å²) < 4.78 is 0. The lowest BCUT2D eigenvalue weighted by Crippen LogP contribution is -2.45. The van der Waals surface area contributed by atoms with Crippen molar-refractivity contribution >= 4 is 43.1 Å². The molecule has 0 saturated carbocycles. The van der Waals surface area contributed by atoms with E-state index in [-0.39, 0.29) is 37.4 Å². The van der Waals surface area contributed by atoms with Crippen molar-refractivity contribution in [2.45, 2.75) is 12.5 Å². The molecule has 0 bridgehead atoms. The Labute approximate surface area is 152 Å². The summed E-state index contributed by atoms with van der Waals surface area (Å²) >= 11 is 0. The van der Waals surface area contributed by atoms with E-state index in [4.69, 9.17) is 10.5 Å². The monoisotopic (exact) mass is 369 g/mol. The molecule has 128 valence electrons. The van der Waals surface area contributed by atoms with Crippen LogP contribution in [0.25, 0.3) is 0 Å². The second kappa shape index (κ2) is 11.2. The van der Waals surface area contributed by atoms with Gasteiger partial charge >= 0.3 is 0 Å². The van der Waals surface area contributed by atoms with Crippen LogP contribution in [0, 0.1) is 22.7 Å². The van der Waals surface area contributed by atoms with Crippen molar-refractivity contribution in [3.05, 3.63) is 23.9 Å². The van der Waals surface area contributed by atoms with Crippen LogP contribution in [0.4, 0.5) is 5.82 Å². The molecule has 1 aliphatic rings. The van der Waals surface area contributed by atoms with Crippen LogP contribution in [-0.4, -0.2) is 53.3 Å². The normalized spacial score (nSPS) is 15.0. The quantitative estimate of drug-likeness (QED) is 0.719. The summed E-state index contributed by atoms with van der Waals surface area (Å²) in [5.74, 6) is 0.645. The molecule has 1 aromatic heterocycles. The zero-order valence-corrected chi connectivity index (χ0v) is 14.3. The van der Waals surface area contributed by atoms with E-state index in [0.717, 1.165) is 6.29 Å². The van der Waals surface area contributed by atoms with Gasteiger partial charge in [0.1, 0.15) is 18.2 Å². The van der Waals surface area contributed by atoms with Gasteiger partial charge in [-0.3, -0.25) is 0 Å². The SMILES string of the molecule is Cl.Cl.N#Cc1ccc(NCCN(CC=O)N2N=CCC2C#N)nc1. The first-order chi connectivity index (χ1) is 10.8. The highest BCUT2D eigenvalue weighted by Gasteiger charge is 2.25. The van der Waals surface area contributed by atoms with Crippen LogP contribution in [0.1, 0.15) is 12.0 Å². The first-order valence-corrected chi connectivity index (χ1v) is 6.78. The summed E-state index contributed by atoms with van der Waals surface area (Å²) in [6.07, 6.45) is 4.49. The topological polar surface area (TPSA) is 108 Å². The number of hydrogen-bond acceptors (Lipinski definition) is 8. The van der Waals surface area contributed by atoms with Gasteiger partial charge in [0.25, 0.3) is 0 Å². The highest BCUT2D eigenvalue weighted by atomic mass is 35.5. The summed E-state index contributed by atoms with van der Waals surface area (Å²) in [6.45, 7) is 1.19. The van der Waals surface area contributed by atoms with Crippen LogP contribution in [-0.2, 0) is 4.79 Å². The number of rotatable bonds is 7. The Morgan fingerprint density at radius 2 is 2.21 bits per heavy atom. The highest BCUT2D eigenvalue weighted by Crippen LogP contribution is 2.13. The standard InChI is InChI=1S/C14H15N7O.2ClH/c15-9-12-1-2-14(18-11-12)17-5-6-20(7-8-22)21-13(10-16)3-4-19-21;;/h1-2,4,8,11,13H,3,5-7H2,(H,17,18);2*1H. The number of aldehydes is 1. The van der Waals surface area contributed by atoms with E-state index in [1.807, 2.05) is 6.07 Å². The molecule has 1 aromatic rings. The number of hydrogen-bond donors (Lipinski definition) is 1. The second-order valence-electron chi connectivity index (χ2n) is 4.55. The minimum Gasteiger partial charge on any atom is -0.369 e. The third-order valence-electron chi connectivity index (χ3n) is 3.10. The molecule has 2 heterocycles. The molecule has 1 atom stereocenters. The van der Waals surface area contributed by atoms with Crippen LogP contribution in [0.5, 0.6) is 0 Å². The van der Waals surface area contributed by atoms with E-state index in [9.17, 15) is 4.79 Å². The van der Waals surface area contributed by atoms with Gasteiger partial charge in [0.2, 0.25) is 0 Å². The summed E-state index contributed by atoms with van der Waals surface area (Å²) in [7, 11) is 0. The van der Waals surface area contributed by atoms with E-state index in [2.05, 4.69) is 21.5 Å². The maximum Gasteiger partial charge on any atom is 0.155 e. The molecular weight excluding hydrogens is 353 g/mol. The molecule has 10 heteroatoms. The van der Waals surface area contributed by atoms with E-state index < -0.39 is 0 Å². The molecule has 8 nitrogen and oxygen atoms in total. The summed E-state index contributed by atoms with van der Waals surface area (Å²) in [6, 6.07) is 7.18. The Hall–Kier alpha value is -2.39. The van der Waals surface area contributed by atoms with Crippen LogP contribution >= 0.6 is 24.8 Å². The average Bonchev–Trinajstić information content (AvgIpc) is 3.03. The van der Waals surface area contributed by atoms with Crippen LogP contribution in [0.3, 0.4) is 0 Å². The molecule has 0 spiro atoms. The van der Waals surface area contributed by atoms with Crippen LogP contribution < -0.4 is 5.32 Å². The predicted octanol–water partition coefficient (Wildman–Crippen LogP) is 1.21. The van der Waals surface area contributed by atoms with Gasteiger partial charge in [-0.2, -0.15) is 20.6 Å². The first-order valence-electron chi connectivity index (χ1n) is 6.78. The van der Waals surface area contributed by atoms with E-state index >= 15 is 0 Å². The first kappa shape index (κ1) is 21.6. The fourth-order valence-corrected chi connectivity index (χ4v) is 2.02. The van der Waals surface area contributed by atoms with Crippen LogP contribution in [0.15, 0.2) is 23.4 Å². The Balaban J connectivity index is 0.00000264. The fraction of sp³-hybridized carbons (Fsp3) is 0.357. The number of hydrazone groups is 1. The lowest BCUT2D eigenvalue weighted by atomic mass is 10.3. The van der Waals surface area contributed by atoms with Crippen molar-refractivity contribution < 1.29 is 4.79 Å². The molecule has 0 saturated heterocycles. The zero-order chi connectivity index (χ0) is 15.8. The van der Waals surface area contributed by atoms with Gasteiger partial charge in [-0.05, 0) is 12.1 Å². The number of pyridine rings is 1. The van der Waals surface area contributed by atoms with Gasteiger partial charge in [0, 0.05) is 31.9 Å². The van der Waals surface area contributed by atoms with Crippen molar-refractivity contribution in [3.8, 4) is 12.1 Å². The molecule has 1 unspecified atom stereocenters. The lowest BCUT2D eigenvalue weighted by molar-refractivity contribution is -0.114. The molecule has 0 aliphatic carbocycles. The molecule has 1 aliphatic heterocycles. The third-order valence-corrected chi connectivity index (χ3v) is 3.10. The number of hydrazine groups is 1. The molecule has 0 fully saturated rings. The van der Waals surface area contributed by atoms with Gasteiger partial charge in [0.15, 0.2) is 6.04 Å². The van der Waals surface area contributed by atoms with E-state index in [1.165, 1.54) is 6.20 Å². The van der Waals surface area contributed by atoms with E-state index in [0.29, 0.717) is 30.9 Å². The maximum atomic E-state index is 10.8. The molecule has 0 radical (unpaired) electrons. The third kappa shape index (κ3) is 5.67. The number of carbonyl (C=O) groups excluding carboxylic acids is 1. The highest BCUT2D eigenvalue weighted by molar-refractivity contribution is 5.85. The molecule has 0 amide bonds. The largest absolute Gasteiger partial charge is 0.369 e. The van der Waals surface area contributed by atoms with Crippen molar-refractivity contribution in [2.24, 2.45) is 5.10 Å². The smallest absolute Gasteiger partial charge is 0.155 e. The Morgan fingerprint density at radius 1 is 1.42 bits per heavy atom. The maximum absolute atomic E-state index is 10.8. The van der Waals surface area contributed by atoms with Gasteiger partial charge in [-0.1, -0.05) is 0 Å². The molecule has 1 N–H and O–H groups in total. The summed E-state index contributed by atoms with van der Waals surface area (Å²) in [5, 5.41) is 28.3. The lowest BCUT2D eigenvalue weighted by Gasteiger charge is -2.30. The van der Waals surface area contributed by atoms with Crippen LogP contribution in [0.2, 0.25) is 0 Å². The van der Waals surface area contributed by atoms with Crippen molar-refractivity contribution in [3.63, 3.8) is 0 Å². The van der Waals surface area contributed by atoms with E-state index in [1.54, 1.807) is 28.5 Å². The van der Waals surface area contributed by atoms with Gasteiger partial charge in [-0.15, -0.1) is 24.8 Å². The van der Waals surface area contributed by atoms with Crippen molar-refractivity contribution in [1.82, 2.24) is 15.1 Å². The number of anilines is 1. The van der Waals surface area contributed by atoms with Gasteiger partial charge in [-0.25, -0.2) is 10.1 Å². The predicted molar refractivity (Wildman–Crippen MR) is 93.9 cm³/mol. The van der Waals surface area contributed by atoms with Crippen molar-refractivity contribution in [1.29, 1.82) is 10.5 Å². The molecule has 2 rings (SSSR count). The number of carbonyl (C=O) groups is 1. The number of halogens is 2. The summed E-state index contributed by atoms with van der Waals surface area (Å²) in [4.78, 5) is 14.9. The van der Waals surface area contributed by atoms with Gasteiger partial charge in [0.05, 0.1) is 18.2 Å². The zero-order valence-electron chi connectivity index (χ0n) is 12.7. The Morgan fingerprint density at radius 3 is 2.79 bits per heavy atom. The van der Waals surface area contributed by atoms with Crippen molar-refractivity contribution in [2.75, 3.05) is 25.0 Å². The van der Waals surface area contributed by atoms with Gasteiger partial charge < -0.3 is 10.1 Å². The fourth-order valence-electron chi connectivity index (χ4n) is 2.02.